The number of hydrogen-bond acceptors (Lipinski definition) is 4. The summed E-state index contributed by atoms with van der Waals surface area (Å²) in [6.45, 7) is 2.02. The zero-order valence-electron chi connectivity index (χ0n) is 9.45. The minimum Gasteiger partial charge on any atom is -0.461 e. The minimum absolute atomic E-state index is 0.00240. The van der Waals surface area contributed by atoms with E-state index in [2.05, 4.69) is 5.10 Å². The van der Waals surface area contributed by atoms with E-state index in [1.54, 1.807) is 18.7 Å². The van der Waals surface area contributed by atoms with Gasteiger partial charge in [-0.3, -0.25) is 9.48 Å². The van der Waals surface area contributed by atoms with Crippen molar-refractivity contribution in [1.82, 2.24) is 9.78 Å². The van der Waals surface area contributed by atoms with E-state index in [1.807, 2.05) is 0 Å². The van der Waals surface area contributed by atoms with Crippen LogP contribution in [0.5, 0.6) is 0 Å². The standard InChI is InChI=1S/C11H14N2O3/c1-3-16-11(15)10-9-7(13(2)12-10)5-4-6-8(9)14/h3-6H2,1-2H3. The maximum absolute atomic E-state index is 11.8. The van der Waals surface area contributed by atoms with E-state index < -0.39 is 5.97 Å². The number of Topliss-reactive ketones (excluding diaryl/α,β-unsaturated/α-hetero) is 1. The van der Waals surface area contributed by atoms with Gasteiger partial charge in [-0.15, -0.1) is 0 Å². The molecule has 0 saturated heterocycles. The van der Waals surface area contributed by atoms with Crippen LogP contribution in [0, 0.1) is 0 Å². The summed E-state index contributed by atoms with van der Waals surface area (Å²) in [6.07, 6.45) is 2.11. The van der Waals surface area contributed by atoms with Crippen molar-refractivity contribution in [2.24, 2.45) is 7.05 Å². The van der Waals surface area contributed by atoms with Gasteiger partial charge in [-0.05, 0) is 19.8 Å². The Hall–Kier alpha value is -1.65. The predicted octanol–water partition coefficient (Wildman–Crippen LogP) is 1.12. The first-order valence-electron chi connectivity index (χ1n) is 5.41. The van der Waals surface area contributed by atoms with Gasteiger partial charge in [0, 0.05) is 19.2 Å². The summed E-state index contributed by atoms with van der Waals surface area (Å²) < 4.78 is 6.50. The van der Waals surface area contributed by atoms with Gasteiger partial charge in [0.2, 0.25) is 0 Å². The first-order valence-corrected chi connectivity index (χ1v) is 5.41. The number of esters is 1. The van der Waals surface area contributed by atoms with Crippen LogP contribution in [0.25, 0.3) is 0 Å². The number of aryl methyl sites for hydroxylation is 1. The molecule has 1 aromatic rings. The molecular weight excluding hydrogens is 208 g/mol. The Kier molecular flexibility index (Phi) is 2.77. The highest BCUT2D eigenvalue weighted by atomic mass is 16.5. The van der Waals surface area contributed by atoms with Crippen molar-refractivity contribution in [2.75, 3.05) is 6.61 Å². The van der Waals surface area contributed by atoms with Crippen molar-refractivity contribution in [1.29, 1.82) is 0 Å². The number of fused-ring (bicyclic) bond motifs is 1. The van der Waals surface area contributed by atoms with Gasteiger partial charge in [-0.2, -0.15) is 5.10 Å². The van der Waals surface area contributed by atoms with Gasteiger partial charge in [0.05, 0.1) is 12.2 Å². The van der Waals surface area contributed by atoms with Crippen molar-refractivity contribution < 1.29 is 14.3 Å². The number of hydrogen-bond donors (Lipinski definition) is 0. The van der Waals surface area contributed by atoms with Gasteiger partial charge >= 0.3 is 5.97 Å². The van der Waals surface area contributed by atoms with Crippen LogP contribution in [0.4, 0.5) is 0 Å². The number of ketones is 1. The normalized spacial score (nSPS) is 14.8. The summed E-state index contributed by atoms with van der Waals surface area (Å²) in [6, 6.07) is 0. The van der Waals surface area contributed by atoms with Crippen LogP contribution in [0.1, 0.15) is 46.3 Å². The lowest BCUT2D eigenvalue weighted by atomic mass is 9.94. The number of ether oxygens (including phenoxy) is 1. The second-order valence-corrected chi connectivity index (χ2v) is 3.79. The number of rotatable bonds is 2. The van der Waals surface area contributed by atoms with Crippen LogP contribution in [-0.2, 0) is 18.2 Å². The lowest BCUT2D eigenvalue weighted by Crippen LogP contribution is -2.15. The zero-order chi connectivity index (χ0) is 11.7. The Balaban J connectivity index is 2.47. The first kappa shape index (κ1) is 10.9. The third-order valence-electron chi connectivity index (χ3n) is 2.73. The van der Waals surface area contributed by atoms with Crippen molar-refractivity contribution in [3.8, 4) is 0 Å². The fraction of sp³-hybridized carbons (Fsp3) is 0.545. The van der Waals surface area contributed by atoms with Gasteiger partial charge in [0.25, 0.3) is 0 Å². The summed E-state index contributed by atoms with van der Waals surface area (Å²) in [7, 11) is 1.75. The van der Waals surface area contributed by atoms with Crippen molar-refractivity contribution >= 4 is 11.8 Å². The third-order valence-corrected chi connectivity index (χ3v) is 2.73. The molecule has 5 nitrogen and oxygen atoms in total. The topological polar surface area (TPSA) is 61.2 Å². The van der Waals surface area contributed by atoms with Crippen LogP contribution < -0.4 is 0 Å². The maximum Gasteiger partial charge on any atom is 0.359 e. The van der Waals surface area contributed by atoms with Crippen LogP contribution in [-0.4, -0.2) is 28.1 Å². The Bertz CT molecular complexity index is 448. The molecule has 1 aliphatic rings. The summed E-state index contributed by atoms with van der Waals surface area (Å²) >= 11 is 0. The number of nitrogens with zero attached hydrogens (tertiary/aromatic N) is 2. The Morgan fingerprint density at radius 3 is 2.94 bits per heavy atom. The van der Waals surface area contributed by atoms with E-state index in [0.717, 1.165) is 18.5 Å². The van der Waals surface area contributed by atoms with Gasteiger partial charge in [0.1, 0.15) is 0 Å². The molecule has 1 aromatic heterocycles. The van der Waals surface area contributed by atoms with E-state index in [4.69, 9.17) is 4.74 Å². The third kappa shape index (κ3) is 1.62. The first-order chi connectivity index (χ1) is 7.65. The number of carbonyl (C=O) groups is 2. The predicted molar refractivity (Wildman–Crippen MR) is 56.4 cm³/mol. The molecule has 0 bridgehead atoms. The maximum atomic E-state index is 11.8. The van der Waals surface area contributed by atoms with Crippen molar-refractivity contribution in [3.63, 3.8) is 0 Å². The molecule has 0 atom stereocenters. The van der Waals surface area contributed by atoms with E-state index in [9.17, 15) is 9.59 Å². The molecule has 0 amide bonds. The summed E-state index contributed by atoms with van der Waals surface area (Å²) in [5, 5.41) is 4.08. The molecule has 0 aliphatic heterocycles. The molecule has 0 spiro atoms. The van der Waals surface area contributed by atoms with Gasteiger partial charge in [0.15, 0.2) is 11.5 Å². The van der Waals surface area contributed by atoms with E-state index in [0.29, 0.717) is 18.6 Å². The molecule has 0 N–H and O–H groups in total. The molecule has 0 radical (unpaired) electrons. The fourth-order valence-electron chi connectivity index (χ4n) is 2.02. The SMILES string of the molecule is CCOC(=O)c1nn(C)c2c1C(=O)CCC2. The molecule has 1 heterocycles. The summed E-state index contributed by atoms with van der Waals surface area (Å²) in [5.41, 5.74) is 1.48. The van der Waals surface area contributed by atoms with Gasteiger partial charge in [-0.1, -0.05) is 0 Å². The number of aromatic nitrogens is 2. The smallest absolute Gasteiger partial charge is 0.359 e. The van der Waals surface area contributed by atoms with Crippen molar-refractivity contribution in [3.05, 3.63) is 17.0 Å². The molecule has 86 valence electrons. The summed E-state index contributed by atoms with van der Waals surface area (Å²) in [5.74, 6) is -0.507. The molecule has 0 aromatic carbocycles. The molecule has 0 saturated carbocycles. The van der Waals surface area contributed by atoms with E-state index in [-0.39, 0.29) is 11.5 Å². The highest BCUT2D eigenvalue weighted by Gasteiger charge is 2.29. The van der Waals surface area contributed by atoms with Crippen LogP contribution in [0.3, 0.4) is 0 Å². The highest BCUT2D eigenvalue weighted by molar-refractivity contribution is 6.06. The van der Waals surface area contributed by atoms with Crippen molar-refractivity contribution in [2.45, 2.75) is 26.2 Å². The largest absolute Gasteiger partial charge is 0.461 e. The molecular formula is C11H14N2O3. The second kappa shape index (κ2) is 4.08. The molecule has 0 fully saturated rings. The Morgan fingerprint density at radius 2 is 2.25 bits per heavy atom. The molecule has 2 rings (SSSR count). The van der Waals surface area contributed by atoms with Crippen LogP contribution in [0.2, 0.25) is 0 Å². The monoisotopic (exact) mass is 222 g/mol. The molecule has 0 unspecified atom stereocenters. The lowest BCUT2D eigenvalue weighted by molar-refractivity contribution is 0.0515. The quantitative estimate of drug-likeness (QED) is 0.703. The van der Waals surface area contributed by atoms with Gasteiger partial charge < -0.3 is 4.74 Å². The van der Waals surface area contributed by atoms with E-state index >= 15 is 0 Å². The van der Waals surface area contributed by atoms with Gasteiger partial charge in [-0.25, -0.2) is 4.79 Å². The minimum atomic E-state index is -0.505. The molecule has 5 heteroatoms. The van der Waals surface area contributed by atoms with E-state index in [1.165, 1.54) is 0 Å². The fourth-order valence-corrected chi connectivity index (χ4v) is 2.02. The highest BCUT2D eigenvalue weighted by Crippen LogP contribution is 2.24. The molecule has 16 heavy (non-hydrogen) atoms. The Labute approximate surface area is 93.4 Å². The summed E-state index contributed by atoms with van der Waals surface area (Å²) in [4.78, 5) is 23.4. The van der Waals surface area contributed by atoms with Crippen LogP contribution in [0.15, 0.2) is 0 Å². The molecule has 1 aliphatic carbocycles. The second-order valence-electron chi connectivity index (χ2n) is 3.79. The lowest BCUT2D eigenvalue weighted by Gasteiger charge is -2.11. The number of carbonyl (C=O) groups excluding carboxylic acids is 2. The average molecular weight is 222 g/mol. The Morgan fingerprint density at radius 1 is 1.50 bits per heavy atom. The van der Waals surface area contributed by atoms with Crippen LogP contribution >= 0.6 is 0 Å². The zero-order valence-corrected chi connectivity index (χ0v) is 9.45. The average Bonchev–Trinajstić information content (AvgIpc) is 2.58.